The van der Waals surface area contributed by atoms with E-state index in [4.69, 9.17) is 4.74 Å². The molecule has 0 saturated carbocycles. The van der Waals surface area contributed by atoms with Crippen LogP contribution in [0.15, 0.2) is 18.2 Å². The molecule has 0 bridgehead atoms. The van der Waals surface area contributed by atoms with E-state index in [2.05, 4.69) is 4.74 Å². The number of methoxy groups -OCH3 is 1. The average molecular weight is 322 g/mol. The second-order valence-electron chi connectivity index (χ2n) is 6.41. The van der Waals surface area contributed by atoms with Crippen LogP contribution in [0.3, 0.4) is 0 Å². The number of hydrogen-bond donors (Lipinski definition) is 0. The fourth-order valence-electron chi connectivity index (χ4n) is 2.12. The highest BCUT2D eigenvalue weighted by Crippen LogP contribution is 2.27. The van der Waals surface area contributed by atoms with Crippen molar-refractivity contribution < 1.29 is 19.1 Å². The van der Waals surface area contributed by atoms with E-state index in [0.717, 1.165) is 23.2 Å². The van der Waals surface area contributed by atoms with Crippen LogP contribution in [-0.4, -0.2) is 44.3 Å². The predicted octanol–water partition coefficient (Wildman–Crippen LogP) is 2.79. The van der Waals surface area contributed by atoms with Gasteiger partial charge in [-0.15, -0.1) is 0 Å². The highest BCUT2D eigenvalue weighted by Gasteiger charge is 2.27. The van der Waals surface area contributed by atoms with Crippen molar-refractivity contribution in [2.45, 2.75) is 39.5 Å². The highest BCUT2D eigenvalue weighted by atomic mass is 16.6. The molecule has 2 amide bonds. The standard InChI is InChI=1S/C15H20N2O3.C2H6O/c1-15(2,3)20-14(19)17-8-11-5-6-13(16(4)10-18)7-12(11)9-17;1-3-2/h5-7,10H,8-9H2,1-4H3;1-2H3. The molecular formula is C17H26N2O4. The van der Waals surface area contributed by atoms with E-state index in [1.807, 2.05) is 39.0 Å². The third kappa shape index (κ3) is 5.56. The van der Waals surface area contributed by atoms with Gasteiger partial charge in [0.25, 0.3) is 0 Å². The molecule has 0 saturated heterocycles. The average Bonchev–Trinajstić information content (AvgIpc) is 2.88. The normalized spacial score (nSPS) is 12.9. The topological polar surface area (TPSA) is 59.1 Å². The van der Waals surface area contributed by atoms with Crippen molar-refractivity contribution in [3.63, 3.8) is 0 Å². The first kappa shape index (κ1) is 19.0. The van der Waals surface area contributed by atoms with Crippen LogP contribution >= 0.6 is 0 Å². The monoisotopic (exact) mass is 322 g/mol. The van der Waals surface area contributed by atoms with Crippen molar-refractivity contribution >= 4 is 18.2 Å². The van der Waals surface area contributed by atoms with Gasteiger partial charge in [-0.3, -0.25) is 9.69 Å². The fourth-order valence-corrected chi connectivity index (χ4v) is 2.12. The van der Waals surface area contributed by atoms with E-state index in [1.165, 1.54) is 4.90 Å². The fraction of sp³-hybridized carbons (Fsp3) is 0.529. The van der Waals surface area contributed by atoms with Gasteiger partial charge in [-0.25, -0.2) is 4.79 Å². The van der Waals surface area contributed by atoms with Crippen molar-refractivity contribution in [2.24, 2.45) is 0 Å². The molecule has 0 aliphatic carbocycles. The zero-order valence-corrected chi connectivity index (χ0v) is 14.8. The SMILES string of the molecule is CN(C=O)c1ccc2c(c1)CN(C(=O)OC(C)(C)C)C2.COC. The molecule has 1 aromatic rings. The van der Waals surface area contributed by atoms with Gasteiger partial charge < -0.3 is 14.4 Å². The molecule has 23 heavy (non-hydrogen) atoms. The molecule has 0 atom stereocenters. The van der Waals surface area contributed by atoms with Gasteiger partial charge in [-0.05, 0) is 44.0 Å². The smallest absolute Gasteiger partial charge is 0.410 e. The van der Waals surface area contributed by atoms with Crippen LogP contribution in [0.25, 0.3) is 0 Å². The second kappa shape index (κ2) is 7.97. The maximum atomic E-state index is 12.0. The largest absolute Gasteiger partial charge is 0.444 e. The third-order valence-electron chi connectivity index (χ3n) is 3.13. The Bertz CT molecular complexity index is 552. The minimum absolute atomic E-state index is 0.306. The molecule has 6 nitrogen and oxygen atoms in total. The summed E-state index contributed by atoms with van der Waals surface area (Å²) >= 11 is 0. The molecular weight excluding hydrogens is 296 g/mol. The number of hydrogen-bond acceptors (Lipinski definition) is 4. The summed E-state index contributed by atoms with van der Waals surface area (Å²) in [6.45, 7) is 6.63. The molecule has 1 aliphatic heterocycles. The zero-order valence-electron chi connectivity index (χ0n) is 14.8. The molecule has 0 N–H and O–H groups in total. The lowest BCUT2D eigenvalue weighted by atomic mass is 10.1. The summed E-state index contributed by atoms with van der Waals surface area (Å²) in [6, 6.07) is 5.77. The van der Waals surface area contributed by atoms with Crippen molar-refractivity contribution in [1.29, 1.82) is 0 Å². The maximum absolute atomic E-state index is 12.0. The Morgan fingerprint density at radius 2 is 1.78 bits per heavy atom. The van der Waals surface area contributed by atoms with E-state index in [0.29, 0.717) is 13.1 Å². The Balaban J connectivity index is 0.000000816. The number of nitrogens with zero attached hydrogens (tertiary/aromatic N) is 2. The summed E-state index contributed by atoms with van der Waals surface area (Å²) in [5.74, 6) is 0. The Morgan fingerprint density at radius 1 is 1.22 bits per heavy atom. The first-order valence-electron chi connectivity index (χ1n) is 7.39. The van der Waals surface area contributed by atoms with Gasteiger partial charge >= 0.3 is 6.09 Å². The Morgan fingerprint density at radius 3 is 2.30 bits per heavy atom. The molecule has 0 spiro atoms. The lowest BCUT2D eigenvalue weighted by molar-refractivity contribution is -0.107. The molecule has 0 unspecified atom stereocenters. The van der Waals surface area contributed by atoms with Crippen LogP contribution in [0.4, 0.5) is 10.5 Å². The highest BCUT2D eigenvalue weighted by molar-refractivity contribution is 5.75. The summed E-state index contributed by atoms with van der Waals surface area (Å²) in [4.78, 5) is 26.0. The van der Waals surface area contributed by atoms with Crippen LogP contribution in [0, 0.1) is 0 Å². The minimum atomic E-state index is -0.491. The number of rotatable bonds is 2. The van der Waals surface area contributed by atoms with Crippen molar-refractivity contribution in [3.8, 4) is 0 Å². The molecule has 2 rings (SSSR count). The van der Waals surface area contributed by atoms with Crippen LogP contribution in [-0.2, 0) is 27.4 Å². The Labute approximate surface area is 138 Å². The first-order valence-corrected chi connectivity index (χ1v) is 7.39. The molecule has 6 heteroatoms. The quantitative estimate of drug-likeness (QED) is 0.786. The zero-order chi connectivity index (χ0) is 17.6. The molecule has 1 aliphatic rings. The number of carbonyl (C=O) groups is 2. The lowest BCUT2D eigenvalue weighted by Crippen LogP contribution is -2.33. The molecule has 0 aromatic heterocycles. The predicted molar refractivity (Wildman–Crippen MR) is 89.3 cm³/mol. The van der Waals surface area contributed by atoms with Gasteiger partial charge in [0, 0.05) is 40.0 Å². The third-order valence-corrected chi connectivity index (χ3v) is 3.13. The number of benzene rings is 1. The molecule has 1 heterocycles. The van der Waals surface area contributed by atoms with E-state index in [1.54, 1.807) is 26.2 Å². The summed E-state index contributed by atoms with van der Waals surface area (Å²) in [7, 11) is 4.95. The minimum Gasteiger partial charge on any atom is -0.444 e. The van der Waals surface area contributed by atoms with Crippen molar-refractivity contribution in [1.82, 2.24) is 4.90 Å². The van der Waals surface area contributed by atoms with Gasteiger partial charge in [0.2, 0.25) is 6.41 Å². The van der Waals surface area contributed by atoms with Crippen LogP contribution in [0.5, 0.6) is 0 Å². The number of carbonyl (C=O) groups excluding carboxylic acids is 2. The van der Waals surface area contributed by atoms with Crippen LogP contribution in [0.1, 0.15) is 31.9 Å². The van der Waals surface area contributed by atoms with Gasteiger partial charge in [-0.2, -0.15) is 0 Å². The molecule has 0 fully saturated rings. The van der Waals surface area contributed by atoms with Crippen LogP contribution in [0.2, 0.25) is 0 Å². The number of ether oxygens (including phenoxy) is 2. The maximum Gasteiger partial charge on any atom is 0.410 e. The molecule has 0 radical (unpaired) electrons. The van der Waals surface area contributed by atoms with Gasteiger partial charge in [0.1, 0.15) is 5.60 Å². The van der Waals surface area contributed by atoms with Gasteiger partial charge in [0.05, 0.1) is 0 Å². The van der Waals surface area contributed by atoms with Crippen molar-refractivity contribution in [2.75, 3.05) is 26.2 Å². The molecule has 128 valence electrons. The van der Waals surface area contributed by atoms with E-state index < -0.39 is 5.60 Å². The van der Waals surface area contributed by atoms with E-state index >= 15 is 0 Å². The second-order valence-corrected chi connectivity index (χ2v) is 6.41. The first-order chi connectivity index (χ1) is 10.7. The Kier molecular flexibility index (Phi) is 6.57. The van der Waals surface area contributed by atoms with Gasteiger partial charge in [-0.1, -0.05) is 6.07 Å². The van der Waals surface area contributed by atoms with E-state index in [9.17, 15) is 9.59 Å². The van der Waals surface area contributed by atoms with Gasteiger partial charge in [0.15, 0.2) is 0 Å². The van der Waals surface area contributed by atoms with E-state index in [-0.39, 0.29) is 6.09 Å². The summed E-state index contributed by atoms with van der Waals surface area (Å²) in [5, 5.41) is 0. The summed E-state index contributed by atoms with van der Waals surface area (Å²) in [6.07, 6.45) is 0.460. The Hall–Kier alpha value is -2.08. The van der Waals surface area contributed by atoms with Crippen LogP contribution < -0.4 is 4.90 Å². The lowest BCUT2D eigenvalue weighted by Gasteiger charge is -2.24. The summed E-state index contributed by atoms with van der Waals surface area (Å²) < 4.78 is 9.62. The number of amides is 2. The number of anilines is 1. The number of fused-ring (bicyclic) bond motifs is 1. The van der Waals surface area contributed by atoms with Crippen molar-refractivity contribution in [3.05, 3.63) is 29.3 Å². The summed E-state index contributed by atoms with van der Waals surface area (Å²) in [5.41, 5.74) is 2.49. The molecule has 1 aromatic carbocycles.